The number of ether oxygens (including phenoxy) is 5. The van der Waals surface area contributed by atoms with Gasteiger partial charge in [-0.05, 0) is 131 Å². The Morgan fingerprint density at radius 2 is 0.699 bits per heavy atom. The standard InChI is InChI=1S/C31H35FN4O6S.C26H27FN4O4S.C22H19FN2O5S.C9H18N2O2/c1-31(2,3)42-30(40)35-15-13-34(14-16-35)22(37)11-17-43-29-24-23(26(38)25-21(27(24)41-4)6-5-12-33-25)28(39)36(29)18-19-7-9-20(32)10-8-19;1-35-24-18-3-2-9-29-22(18)23(33)20-21(24)26(36-14-8-19(32)30-12-10-28-11-13-30)31(25(20)34)15-16-4-6-17(27)7-5-16;1-30-20-14-3-2-9-24-18(14)19(28)16-17(20)22(31-10-8-15(26)27)25(21(16)29)11-12-4-6-13(23)7-5-12;1-9(2,3)13-8(12)11-6-4-10-5-7-11/h5-10,12,29,38H,11,13-18H2,1-4H3;2-7,9,26,28,33H,8,10-15H2,1H3;2-7,9,22,28H,8,10-11H2,1H3,(H,26,27);10H,4-7H2,1-3H3. The second kappa shape index (κ2) is 40.2. The van der Waals surface area contributed by atoms with E-state index in [2.05, 4.69) is 25.6 Å². The molecule has 3 unspecified atom stereocenters. The summed E-state index contributed by atoms with van der Waals surface area (Å²) in [4.78, 5) is 126. The number of halogens is 3. The number of thioether (sulfide) groups is 3. The molecule has 3 aromatic heterocycles. The first-order valence-electron chi connectivity index (χ1n) is 40.1. The highest BCUT2D eigenvalue weighted by Crippen LogP contribution is 2.56. The molecule has 15 rings (SSSR count). The number of methoxy groups -OCH3 is 3. The van der Waals surface area contributed by atoms with Gasteiger partial charge >= 0.3 is 18.2 Å². The van der Waals surface area contributed by atoms with Crippen LogP contribution in [0, 0.1) is 17.5 Å². The third-order valence-corrected chi connectivity index (χ3v) is 24.5. The lowest BCUT2D eigenvalue weighted by Crippen LogP contribution is -2.51. The van der Waals surface area contributed by atoms with Gasteiger partial charge in [0.15, 0.2) is 17.2 Å². The van der Waals surface area contributed by atoms with Gasteiger partial charge in [0.05, 0.1) is 44.4 Å². The number of carboxylic acid groups (broad SMARTS) is 1. The molecule has 9 aromatic rings. The molecule has 7 amide bonds. The summed E-state index contributed by atoms with van der Waals surface area (Å²) in [6, 6.07) is 28.2. The second-order valence-electron chi connectivity index (χ2n) is 31.4. The molecule has 35 heteroatoms. The number of piperazine rings is 3. The zero-order chi connectivity index (χ0) is 88.1. The van der Waals surface area contributed by atoms with Crippen LogP contribution in [0.4, 0.5) is 22.8 Å². The summed E-state index contributed by atoms with van der Waals surface area (Å²) >= 11 is 4.13. The van der Waals surface area contributed by atoms with Gasteiger partial charge in [-0.2, -0.15) is 0 Å². The number of phenolic OH excluding ortho intramolecular Hbond substituents is 3. The van der Waals surface area contributed by atoms with E-state index in [9.17, 15) is 66.8 Å². The number of aromatic nitrogens is 3. The largest absolute Gasteiger partial charge is 0.505 e. The molecule has 6 aromatic carbocycles. The van der Waals surface area contributed by atoms with Gasteiger partial charge in [0.25, 0.3) is 17.7 Å². The van der Waals surface area contributed by atoms with Gasteiger partial charge in [-0.3, -0.25) is 43.7 Å². The zero-order valence-electron chi connectivity index (χ0n) is 69.6. The molecular formula is C88H99F3N12O17S3. The number of hydrogen-bond acceptors (Lipinski definition) is 24. The summed E-state index contributed by atoms with van der Waals surface area (Å²) in [6.07, 6.45) is 4.48. The molecule has 9 heterocycles. The first-order valence-corrected chi connectivity index (χ1v) is 43.2. The summed E-state index contributed by atoms with van der Waals surface area (Å²) in [5.74, 6) is -1.41. The fourth-order valence-corrected chi connectivity index (χ4v) is 18.8. The minimum absolute atomic E-state index is 0.0523. The van der Waals surface area contributed by atoms with Gasteiger partial charge in [0.2, 0.25) is 11.8 Å². The Labute approximate surface area is 721 Å². The van der Waals surface area contributed by atoms with Gasteiger partial charge in [0, 0.05) is 180 Å². The molecule has 0 aliphatic carbocycles. The predicted molar refractivity (Wildman–Crippen MR) is 460 cm³/mol. The Kier molecular flexibility index (Phi) is 29.6. The van der Waals surface area contributed by atoms with Crippen LogP contribution in [0.5, 0.6) is 34.5 Å². The van der Waals surface area contributed by atoms with Crippen LogP contribution in [0.3, 0.4) is 0 Å². The number of carbonyl (C=O) groups is 8. The number of aliphatic carboxylic acids is 1. The third kappa shape index (κ3) is 21.2. The number of aromatic hydroxyl groups is 3. The fourth-order valence-electron chi connectivity index (χ4n) is 15.1. The normalized spacial score (nSPS) is 16.9. The fraction of sp³-hybridized carbons (Fsp3) is 0.398. The maximum Gasteiger partial charge on any atom is 0.410 e. The van der Waals surface area contributed by atoms with Gasteiger partial charge in [-0.1, -0.05) is 36.4 Å². The van der Waals surface area contributed by atoms with E-state index < -0.39 is 39.5 Å². The molecule has 6 aliphatic heterocycles. The molecule has 6 aliphatic rings. The highest BCUT2D eigenvalue weighted by Gasteiger charge is 2.47. The van der Waals surface area contributed by atoms with Crippen LogP contribution in [0.1, 0.15) is 141 Å². The van der Waals surface area contributed by atoms with E-state index in [4.69, 9.17) is 28.8 Å². The number of phenols is 3. The average molecular weight is 1750 g/mol. The Bertz CT molecular complexity index is 5380. The van der Waals surface area contributed by atoms with Crippen molar-refractivity contribution < 1.29 is 95.6 Å². The Morgan fingerprint density at radius 1 is 0.423 bits per heavy atom. The topological polar surface area (TPSA) is 349 Å². The van der Waals surface area contributed by atoms with Crippen molar-refractivity contribution in [1.29, 1.82) is 0 Å². The number of pyridine rings is 3. The van der Waals surface area contributed by atoms with Crippen LogP contribution < -0.4 is 24.8 Å². The lowest BCUT2D eigenvalue weighted by molar-refractivity contribution is -0.136. The molecule has 6 N–H and O–H groups in total. The highest BCUT2D eigenvalue weighted by molar-refractivity contribution is 8.00. The number of benzene rings is 6. The van der Waals surface area contributed by atoms with Crippen LogP contribution >= 0.6 is 35.3 Å². The highest BCUT2D eigenvalue weighted by atomic mass is 32.2. The molecule has 652 valence electrons. The van der Waals surface area contributed by atoms with Crippen LogP contribution in [-0.2, 0) is 43.5 Å². The minimum Gasteiger partial charge on any atom is -0.505 e. The van der Waals surface area contributed by atoms with E-state index in [-0.39, 0.29) is 136 Å². The van der Waals surface area contributed by atoms with Gasteiger partial charge in [-0.15, -0.1) is 35.3 Å². The number of carbonyl (C=O) groups excluding carboxylic acids is 7. The Hall–Kier alpha value is -11.5. The maximum absolute atomic E-state index is 13.8. The van der Waals surface area contributed by atoms with E-state index in [0.29, 0.717) is 124 Å². The number of amides is 7. The SMILES string of the molecule is CC(C)(C)OC(=O)N1CCNCC1.COc1c2c(c(O)c3ncccc13)C(=O)N(Cc1ccc(F)cc1)C2SCCC(=O)N1CCN(C(=O)OC(C)(C)C)CC1.COc1c2c(c(O)c3ncccc13)C(=O)N(Cc1ccc(F)cc1)C2SCCC(=O)N1CCNCC1.COc1c2c(c(O)c3ncccc13)C(=O)N(Cc1ccc(F)cc1)C2SCCC(=O)O. The van der Waals surface area contributed by atoms with E-state index in [1.807, 2.05) is 46.4 Å². The smallest absolute Gasteiger partial charge is 0.410 e. The van der Waals surface area contributed by atoms with Gasteiger partial charge < -0.3 is 89.0 Å². The van der Waals surface area contributed by atoms with Gasteiger partial charge in [-0.25, -0.2) is 22.8 Å². The molecule has 0 bridgehead atoms. The van der Waals surface area contributed by atoms with Crippen molar-refractivity contribution in [1.82, 2.24) is 59.9 Å². The minimum atomic E-state index is -0.945. The first kappa shape index (κ1) is 90.7. The molecule has 0 radical (unpaired) electrons. The number of fused-ring (bicyclic) bond motifs is 6. The third-order valence-electron chi connectivity index (χ3n) is 20.8. The molecule has 3 atom stereocenters. The van der Waals surface area contributed by atoms with Crippen molar-refractivity contribution in [2.45, 2.75) is 108 Å². The second-order valence-corrected chi connectivity index (χ2v) is 35.0. The number of rotatable bonds is 21. The van der Waals surface area contributed by atoms with E-state index in [1.165, 1.54) is 110 Å². The van der Waals surface area contributed by atoms with Crippen molar-refractivity contribution >= 4 is 116 Å². The number of hydrogen-bond donors (Lipinski definition) is 6. The van der Waals surface area contributed by atoms with Crippen LogP contribution in [0.25, 0.3) is 32.7 Å². The predicted octanol–water partition coefficient (Wildman–Crippen LogP) is 13.0. The number of carboxylic acids is 1. The average Bonchev–Trinajstić information content (AvgIpc) is 1.59. The Morgan fingerprint density at radius 3 is 0.992 bits per heavy atom. The number of nitrogens with zero attached hydrogens (tertiary/aromatic N) is 10. The van der Waals surface area contributed by atoms with Crippen molar-refractivity contribution in [3.8, 4) is 34.5 Å². The molecule has 0 saturated carbocycles. The maximum atomic E-state index is 13.8. The summed E-state index contributed by atoms with van der Waals surface area (Å²) in [5, 5.41) is 48.7. The van der Waals surface area contributed by atoms with E-state index in [0.717, 1.165) is 44.8 Å². The van der Waals surface area contributed by atoms with Crippen molar-refractivity contribution in [2.75, 3.05) is 117 Å². The van der Waals surface area contributed by atoms with Crippen LogP contribution in [0.15, 0.2) is 128 Å². The van der Waals surface area contributed by atoms with Crippen molar-refractivity contribution in [3.63, 3.8) is 0 Å². The molecule has 3 saturated heterocycles. The number of nitrogens with one attached hydrogen (secondary N) is 2. The monoisotopic (exact) mass is 1750 g/mol. The van der Waals surface area contributed by atoms with Crippen molar-refractivity contribution in [3.05, 3.63) is 195 Å². The summed E-state index contributed by atoms with van der Waals surface area (Å²) < 4.78 is 68.3. The molecule has 123 heavy (non-hydrogen) atoms. The van der Waals surface area contributed by atoms with E-state index >= 15 is 0 Å². The summed E-state index contributed by atoms with van der Waals surface area (Å²) in [7, 11) is 4.52. The lowest BCUT2D eigenvalue weighted by Gasteiger charge is -2.35. The molecule has 29 nitrogen and oxygen atoms in total. The van der Waals surface area contributed by atoms with Crippen molar-refractivity contribution in [2.24, 2.45) is 0 Å². The molecular weight excluding hydrogens is 1650 g/mol. The van der Waals surface area contributed by atoms with Gasteiger partial charge in [0.1, 0.15) is 78.6 Å². The lowest BCUT2D eigenvalue weighted by atomic mass is 10.0. The van der Waals surface area contributed by atoms with Crippen LogP contribution in [0.2, 0.25) is 0 Å². The molecule has 3 fully saturated rings. The van der Waals surface area contributed by atoms with Crippen LogP contribution in [-0.4, -0.2) is 246 Å². The molecule has 0 spiro atoms. The Balaban J connectivity index is 0.000000158. The summed E-state index contributed by atoms with van der Waals surface area (Å²) in [6.45, 7) is 19.4. The quantitative estimate of drug-likeness (QED) is 0.0389. The van der Waals surface area contributed by atoms with E-state index in [1.54, 1.807) is 103 Å². The first-order chi connectivity index (χ1) is 58.9. The summed E-state index contributed by atoms with van der Waals surface area (Å²) in [5.41, 5.74) is 3.96. The zero-order valence-corrected chi connectivity index (χ0v) is 72.1.